The Morgan fingerprint density at radius 1 is 1.11 bits per heavy atom. The van der Waals surface area contributed by atoms with Gasteiger partial charge in [0.1, 0.15) is 11.4 Å². The number of amides is 1. The highest BCUT2D eigenvalue weighted by Crippen LogP contribution is 2.34. The van der Waals surface area contributed by atoms with Crippen LogP contribution in [0, 0.1) is 0 Å². The van der Waals surface area contributed by atoms with Crippen molar-refractivity contribution < 1.29 is 22.7 Å². The number of primary sulfonamides is 1. The molecule has 1 atom stereocenters. The largest absolute Gasteiger partial charge is 0.452 e. The maximum Gasteiger partial charge on any atom is 0.342 e. The van der Waals surface area contributed by atoms with E-state index in [9.17, 15) is 18.0 Å². The number of rotatable bonds is 5. The number of hydrogen-bond donors (Lipinski definition) is 1. The van der Waals surface area contributed by atoms with E-state index < -0.39 is 22.6 Å². The molecule has 0 saturated carbocycles. The van der Waals surface area contributed by atoms with Gasteiger partial charge >= 0.3 is 5.97 Å². The Morgan fingerprint density at radius 3 is 2.60 bits per heavy atom. The fourth-order valence-corrected chi connectivity index (χ4v) is 5.43. The van der Waals surface area contributed by atoms with Gasteiger partial charge in [-0.2, -0.15) is 0 Å². The van der Waals surface area contributed by atoms with E-state index in [0.29, 0.717) is 29.1 Å². The van der Waals surface area contributed by atoms with Crippen molar-refractivity contribution in [3.8, 4) is 0 Å². The van der Waals surface area contributed by atoms with Gasteiger partial charge in [-0.3, -0.25) is 4.79 Å². The van der Waals surface area contributed by atoms with Gasteiger partial charge in [-0.25, -0.2) is 23.3 Å². The summed E-state index contributed by atoms with van der Waals surface area (Å²) in [5, 5.41) is 6.05. The van der Waals surface area contributed by atoms with Gasteiger partial charge < -0.3 is 14.5 Å². The van der Waals surface area contributed by atoms with Crippen LogP contribution in [0.1, 0.15) is 35.7 Å². The Balaban J connectivity index is 1.37. The first-order valence-electron chi connectivity index (χ1n) is 11.5. The summed E-state index contributed by atoms with van der Waals surface area (Å²) in [6.45, 7) is 3.04. The first-order valence-corrected chi connectivity index (χ1v) is 13.1. The van der Waals surface area contributed by atoms with Gasteiger partial charge in [-0.05, 0) is 62.1 Å². The molecule has 2 N–H and O–H groups in total. The van der Waals surface area contributed by atoms with Crippen molar-refractivity contribution in [2.24, 2.45) is 5.14 Å². The van der Waals surface area contributed by atoms with Crippen molar-refractivity contribution in [2.45, 2.75) is 37.1 Å². The molecule has 3 heterocycles. The normalized spacial score (nSPS) is 17.6. The zero-order valence-corrected chi connectivity index (χ0v) is 20.1. The van der Waals surface area contributed by atoms with Crippen LogP contribution < -0.4 is 14.9 Å². The number of sulfonamides is 1. The summed E-state index contributed by atoms with van der Waals surface area (Å²) in [4.78, 5) is 34.5. The minimum Gasteiger partial charge on any atom is -0.452 e. The van der Waals surface area contributed by atoms with Gasteiger partial charge in [-0.1, -0.05) is 18.2 Å². The number of aromatic nitrogens is 1. The molecule has 0 aliphatic carbocycles. The fraction of sp³-hybridized carbons (Fsp3) is 0.320. The average Bonchev–Trinajstić information content (AvgIpc) is 3.47. The number of carbonyl (C=O) groups excluding carboxylic acids is 2. The van der Waals surface area contributed by atoms with Gasteiger partial charge in [0.2, 0.25) is 10.0 Å². The van der Waals surface area contributed by atoms with Crippen LogP contribution >= 0.6 is 0 Å². The Bertz CT molecular complexity index is 1430. The summed E-state index contributed by atoms with van der Waals surface area (Å²) in [5.41, 5.74) is 2.43. The molecule has 1 aromatic heterocycles. The highest BCUT2D eigenvalue weighted by atomic mass is 32.2. The molecule has 35 heavy (non-hydrogen) atoms. The Kier molecular flexibility index (Phi) is 5.94. The molecule has 1 unspecified atom stereocenters. The second kappa shape index (κ2) is 8.94. The number of nitrogens with zero attached hydrogens (tertiary/aromatic N) is 3. The van der Waals surface area contributed by atoms with E-state index in [0.717, 1.165) is 36.8 Å². The lowest BCUT2D eigenvalue weighted by molar-refractivity contribution is -0.122. The predicted molar refractivity (Wildman–Crippen MR) is 132 cm³/mol. The van der Waals surface area contributed by atoms with Crippen LogP contribution in [0.25, 0.3) is 10.9 Å². The topological polar surface area (TPSA) is 123 Å². The molecule has 182 valence electrons. The predicted octanol–water partition coefficient (Wildman–Crippen LogP) is 2.62. The lowest BCUT2D eigenvalue weighted by Gasteiger charge is -2.23. The van der Waals surface area contributed by atoms with E-state index >= 15 is 0 Å². The fourth-order valence-electron chi connectivity index (χ4n) is 4.87. The van der Waals surface area contributed by atoms with Crippen LogP contribution in [-0.2, 0) is 26.0 Å². The maximum absolute atomic E-state index is 13.1. The molecule has 9 nitrogen and oxygen atoms in total. The van der Waals surface area contributed by atoms with Crippen molar-refractivity contribution in [1.82, 2.24) is 4.98 Å². The van der Waals surface area contributed by atoms with Crippen molar-refractivity contribution in [3.63, 3.8) is 0 Å². The third kappa shape index (κ3) is 4.46. The van der Waals surface area contributed by atoms with E-state index in [4.69, 9.17) is 14.9 Å². The first kappa shape index (κ1) is 23.3. The molecule has 1 amide bonds. The Morgan fingerprint density at radius 2 is 1.86 bits per heavy atom. The van der Waals surface area contributed by atoms with Gasteiger partial charge in [0.15, 0.2) is 6.61 Å². The van der Waals surface area contributed by atoms with Crippen molar-refractivity contribution >= 4 is 44.3 Å². The van der Waals surface area contributed by atoms with Crippen LogP contribution in [0.5, 0.6) is 0 Å². The molecule has 10 heteroatoms. The molecule has 1 saturated heterocycles. The third-order valence-corrected chi connectivity index (χ3v) is 7.43. The molecule has 2 aliphatic heterocycles. The third-order valence-electron chi connectivity index (χ3n) is 6.52. The molecule has 0 bridgehead atoms. The van der Waals surface area contributed by atoms with Crippen molar-refractivity contribution in [1.29, 1.82) is 0 Å². The minimum absolute atomic E-state index is 0.00224. The molecule has 2 aliphatic rings. The number of hydrogen-bond acceptors (Lipinski definition) is 7. The summed E-state index contributed by atoms with van der Waals surface area (Å²) in [6.07, 6.45) is 2.54. The molecule has 5 rings (SSSR count). The molecule has 0 spiro atoms. The molecule has 3 aromatic rings. The SMILES string of the molecule is CC1Cc2cc(S(N)(=O)=O)ccc2N1C(=O)COC(=O)c1cc2ccccc2nc1N1CCCC1. The van der Waals surface area contributed by atoms with Crippen LogP contribution in [0.3, 0.4) is 0 Å². The minimum atomic E-state index is -3.84. The lowest BCUT2D eigenvalue weighted by Crippen LogP contribution is -2.38. The molecule has 2 aromatic carbocycles. The average molecular weight is 495 g/mol. The number of ether oxygens (including phenoxy) is 1. The zero-order valence-electron chi connectivity index (χ0n) is 19.3. The quantitative estimate of drug-likeness (QED) is 0.541. The van der Waals surface area contributed by atoms with Crippen molar-refractivity contribution in [2.75, 3.05) is 29.5 Å². The Hall–Kier alpha value is -3.50. The molecule has 1 fully saturated rings. The van der Waals surface area contributed by atoms with Gasteiger partial charge in [0, 0.05) is 30.2 Å². The maximum atomic E-state index is 13.1. The lowest BCUT2D eigenvalue weighted by atomic mass is 10.1. The van der Waals surface area contributed by atoms with Crippen LogP contribution in [0.4, 0.5) is 11.5 Å². The van der Waals surface area contributed by atoms with Crippen molar-refractivity contribution in [3.05, 3.63) is 59.7 Å². The van der Waals surface area contributed by atoms with Gasteiger partial charge in [-0.15, -0.1) is 0 Å². The van der Waals surface area contributed by atoms with E-state index in [-0.39, 0.29) is 16.8 Å². The Labute approximate surface area is 203 Å². The summed E-state index contributed by atoms with van der Waals surface area (Å²) < 4.78 is 28.8. The summed E-state index contributed by atoms with van der Waals surface area (Å²) in [5.74, 6) is -0.409. The van der Waals surface area contributed by atoms with E-state index in [1.54, 1.807) is 12.1 Å². The summed E-state index contributed by atoms with van der Waals surface area (Å²) >= 11 is 0. The van der Waals surface area contributed by atoms with E-state index in [2.05, 4.69) is 4.90 Å². The van der Waals surface area contributed by atoms with E-state index in [1.165, 1.54) is 17.0 Å². The number of fused-ring (bicyclic) bond motifs is 2. The number of anilines is 2. The smallest absolute Gasteiger partial charge is 0.342 e. The molecule has 0 radical (unpaired) electrons. The van der Waals surface area contributed by atoms with Crippen LogP contribution in [-0.4, -0.2) is 51.0 Å². The highest BCUT2D eigenvalue weighted by molar-refractivity contribution is 7.89. The number of para-hydroxylation sites is 1. The summed E-state index contributed by atoms with van der Waals surface area (Å²) in [7, 11) is -3.84. The second-order valence-corrected chi connectivity index (χ2v) is 10.5. The standard InChI is InChI=1S/C25H26N4O5S/c1-16-12-18-13-19(35(26,32)33)8-9-22(18)29(16)23(30)15-34-25(31)20-14-17-6-2-3-7-21(17)27-24(20)28-10-4-5-11-28/h2-3,6-9,13-14,16H,4-5,10-12,15H2,1H3,(H2,26,32,33). The number of carbonyl (C=O) groups is 2. The number of benzene rings is 2. The highest BCUT2D eigenvalue weighted by Gasteiger charge is 2.33. The van der Waals surface area contributed by atoms with Crippen LogP contribution in [0.15, 0.2) is 53.4 Å². The number of pyridine rings is 1. The molecular formula is C25H26N4O5S. The monoisotopic (exact) mass is 494 g/mol. The van der Waals surface area contributed by atoms with Crippen LogP contribution in [0.2, 0.25) is 0 Å². The zero-order chi connectivity index (χ0) is 24.7. The molecular weight excluding hydrogens is 468 g/mol. The first-order chi connectivity index (χ1) is 16.7. The van der Waals surface area contributed by atoms with Gasteiger partial charge in [0.25, 0.3) is 5.91 Å². The number of esters is 1. The second-order valence-electron chi connectivity index (χ2n) is 8.97. The van der Waals surface area contributed by atoms with E-state index in [1.807, 2.05) is 31.2 Å². The summed E-state index contributed by atoms with van der Waals surface area (Å²) in [6, 6.07) is 13.6. The number of nitrogens with two attached hydrogens (primary N) is 1. The van der Waals surface area contributed by atoms with Gasteiger partial charge in [0.05, 0.1) is 10.4 Å².